The summed E-state index contributed by atoms with van der Waals surface area (Å²) in [6.45, 7) is 0.945. The molecule has 0 aliphatic rings. The molecule has 0 heterocycles. The molecule has 0 saturated carbocycles. The van der Waals surface area contributed by atoms with E-state index in [1.807, 2.05) is 0 Å². The maximum absolute atomic E-state index is 12.4. The number of alkyl halides is 3. The van der Waals surface area contributed by atoms with Crippen LogP contribution in [0.15, 0.2) is 12.1 Å². The number of benzene rings is 1. The van der Waals surface area contributed by atoms with Crippen LogP contribution < -0.4 is 5.73 Å². The lowest BCUT2D eigenvalue weighted by atomic mass is 10.0. The maximum atomic E-state index is 12.4. The molecule has 0 aliphatic carbocycles. The van der Waals surface area contributed by atoms with Crippen molar-refractivity contribution >= 4 is 11.5 Å². The number of halogens is 3. The minimum absolute atomic E-state index is 0.246. The van der Waals surface area contributed by atoms with Crippen molar-refractivity contribution in [3.8, 4) is 5.75 Å². The number of nitrogen functional groups attached to an aromatic ring is 1. The van der Waals surface area contributed by atoms with Crippen molar-refractivity contribution in [2.24, 2.45) is 0 Å². The fourth-order valence-corrected chi connectivity index (χ4v) is 1.24. The van der Waals surface area contributed by atoms with Crippen LogP contribution in [0.2, 0.25) is 0 Å². The van der Waals surface area contributed by atoms with Crippen LogP contribution in [0.25, 0.3) is 0 Å². The zero-order valence-corrected chi connectivity index (χ0v) is 7.72. The SMILES string of the molecule is CC(=O)c1c(O)cc(N)cc1C(F)(F)F. The Bertz CT molecular complexity index is 413. The largest absolute Gasteiger partial charge is 0.507 e. The van der Waals surface area contributed by atoms with E-state index in [0.29, 0.717) is 6.07 Å². The first-order valence-corrected chi connectivity index (χ1v) is 3.94. The average molecular weight is 219 g/mol. The summed E-state index contributed by atoms with van der Waals surface area (Å²) < 4.78 is 37.3. The molecule has 1 aromatic rings. The van der Waals surface area contributed by atoms with E-state index in [-0.39, 0.29) is 5.69 Å². The number of rotatable bonds is 1. The van der Waals surface area contributed by atoms with E-state index >= 15 is 0 Å². The molecule has 6 heteroatoms. The molecule has 0 fully saturated rings. The molecule has 3 N–H and O–H groups in total. The lowest BCUT2D eigenvalue weighted by Crippen LogP contribution is -2.12. The number of carbonyl (C=O) groups excluding carboxylic acids is 1. The van der Waals surface area contributed by atoms with Crippen LogP contribution in [0, 0.1) is 0 Å². The number of ketones is 1. The van der Waals surface area contributed by atoms with Crippen LogP contribution >= 0.6 is 0 Å². The Morgan fingerprint density at radius 1 is 1.40 bits per heavy atom. The number of aromatic hydroxyl groups is 1. The Hall–Kier alpha value is -1.72. The minimum atomic E-state index is -4.71. The molecule has 0 bridgehead atoms. The molecular formula is C9H8F3NO2. The number of phenols is 1. The molecule has 0 aliphatic heterocycles. The zero-order chi connectivity index (χ0) is 11.8. The molecule has 0 atom stereocenters. The number of hydrogen-bond donors (Lipinski definition) is 2. The highest BCUT2D eigenvalue weighted by Crippen LogP contribution is 2.37. The van der Waals surface area contributed by atoms with E-state index in [9.17, 15) is 23.1 Å². The Morgan fingerprint density at radius 2 is 1.93 bits per heavy atom. The highest BCUT2D eigenvalue weighted by atomic mass is 19.4. The van der Waals surface area contributed by atoms with Gasteiger partial charge in [0.15, 0.2) is 5.78 Å². The first kappa shape index (κ1) is 11.4. The van der Waals surface area contributed by atoms with Crippen molar-refractivity contribution in [3.63, 3.8) is 0 Å². The summed E-state index contributed by atoms with van der Waals surface area (Å²) in [4.78, 5) is 10.9. The molecule has 82 valence electrons. The van der Waals surface area contributed by atoms with Crippen molar-refractivity contribution in [3.05, 3.63) is 23.3 Å². The molecule has 0 unspecified atom stereocenters. The van der Waals surface area contributed by atoms with Gasteiger partial charge in [0.25, 0.3) is 0 Å². The number of nitrogens with two attached hydrogens (primary N) is 1. The first-order chi connectivity index (χ1) is 6.73. The molecule has 15 heavy (non-hydrogen) atoms. The third-order valence-corrected chi connectivity index (χ3v) is 1.80. The van der Waals surface area contributed by atoms with Gasteiger partial charge in [-0.3, -0.25) is 4.79 Å². The van der Waals surface area contributed by atoms with E-state index in [2.05, 4.69) is 0 Å². The standard InChI is InChI=1S/C9H8F3NO2/c1-4(14)8-6(9(10,11)12)2-5(13)3-7(8)15/h2-3,15H,13H2,1H3. The van der Waals surface area contributed by atoms with Gasteiger partial charge in [-0.05, 0) is 13.0 Å². The lowest BCUT2D eigenvalue weighted by Gasteiger charge is -2.13. The van der Waals surface area contributed by atoms with Crippen molar-refractivity contribution in [1.82, 2.24) is 0 Å². The summed E-state index contributed by atoms with van der Waals surface area (Å²) in [5, 5.41) is 9.21. The molecule has 0 amide bonds. The van der Waals surface area contributed by atoms with Gasteiger partial charge >= 0.3 is 6.18 Å². The van der Waals surface area contributed by atoms with Gasteiger partial charge in [-0.15, -0.1) is 0 Å². The summed E-state index contributed by atoms with van der Waals surface area (Å²) in [6.07, 6.45) is -4.71. The summed E-state index contributed by atoms with van der Waals surface area (Å²) in [6, 6.07) is 1.53. The van der Waals surface area contributed by atoms with E-state index in [0.717, 1.165) is 13.0 Å². The summed E-state index contributed by atoms with van der Waals surface area (Å²) in [5.74, 6) is -1.62. The molecule has 3 nitrogen and oxygen atoms in total. The van der Waals surface area contributed by atoms with Gasteiger partial charge in [-0.1, -0.05) is 0 Å². The van der Waals surface area contributed by atoms with Crippen LogP contribution in [-0.2, 0) is 6.18 Å². The van der Waals surface area contributed by atoms with Crippen LogP contribution in [0.5, 0.6) is 5.75 Å². The lowest BCUT2D eigenvalue weighted by molar-refractivity contribution is -0.138. The second-order valence-electron chi connectivity index (χ2n) is 3.02. The van der Waals surface area contributed by atoms with E-state index in [1.165, 1.54) is 0 Å². The zero-order valence-electron chi connectivity index (χ0n) is 7.72. The predicted molar refractivity (Wildman–Crippen MR) is 47.5 cm³/mol. The number of hydrogen-bond acceptors (Lipinski definition) is 3. The number of carbonyl (C=O) groups is 1. The van der Waals surface area contributed by atoms with Gasteiger partial charge in [-0.25, -0.2) is 0 Å². The highest BCUT2D eigenvalue weighted by Gasteiger charge is 2.36. The molecule has 0 saturated heterocycles. The van der Waals surface area contributed by atoms with Gasteiger partial charge in [0.1, 0.15) is 5.75 Å². The highest BCUT2D eigenvalue weighted by molar-refractivity contribution is 5.99. The molecular weight excluding hydrogens is 211 g/mol. The van der Waals surface area contributed by atoms with Crippen LogP contribution in [-0.4, -0.2) is 10.9 Å². The van der Waals surface area contributed by atoms with Gasteiger partial charge in [-0.2, -0.15) is 13.2 Å². The molecule has 0 radical (unpaired) electrons. The topological polar surface area (TPSA) is 63.3 Å². The fraction of sp³-hybridized carbons (Fsp3) is 0.222. The van der Waals surface area contributed by atoms with Gasteiger partial charge in [0.05, 0.1) is 11.1 Å². The number of Topliss-reactive ketones (excluding diaryl/α,β-unsaturated/α-hetero) is 1. The third-order valence-electron chi connectivity index (χ3n) is 1.80. The van der Waals surface area contributed by atoms with E-state index in [4.69, 9.17) is 5.73 Å². The molecule has 0 aromatic heterocycles. The molecule has 1 rings (SSSR count). The Morgan fingerprint density at radius 3 is 2.33 bits per heavy atom. The third kappa shape index (κ3) is 2.20. The van der Waals surface area contributed by atoms with Gasteiger partial charge in [0, 0.05) is 11.8 Å². The second-order valence-corrected chi connectivity index (χ2v) is 3.02. The average Bonchev–Trinajstić information content (AvgIpc) is 1.99. The predicted octanol–water partition coefficient (Wildman–Crippen LogP) is 2.20. The van der Waals surface area contributed by atoms with Crippen molar-refractivity contribution < 1.29 is 23.1 Å². The Labute approximate surface area is 83.3 Å². The van der Waals surface area contributed by atoms with E-state index < -0.39 is 28.8 Å². The molecule has 0 spiro atoms. The minimum Gasteiger partial charge on any atom is -0.507 e. The van der Waals surface area contributed by atoms with Crippen LogP contribution in [0.4, 0.5) is 18.9 Å². The summed E-state index contributed by atoms with van der Waals surface area (Å²) in [7, 11) is 0. The second kappa shape index (κ2) is 3.45. The molecule has 1 aromatic carbocycles. The summed E-state index contributed by atoms with van der Waals surface area (Å²) in [5.41, 5.74) is 2.94. The normalized spacial score (nSPS) is 11.5. The number of phenolic OH excluding ortho intramolecular Hbond substituents is 1. The monoisotopic (exact) mass is 219 g/mol. The quantitative estimate of drug-likeness (QED) is 0.562. The van der Waals surface area contributed by atoms with Gasteiger partial charge in [0.2, 0.25) is 0 Å². The summed E-state index contributed by atoms with van der Waals surface area (Å²) >= 11 is 0. The van der Waals surface area contributed by atoms with Gasteiger partial charge < -0.3 is 10.8 Å². The van der Waals surface area contributed by atoms with Crippen molar-refractivity contribution in [2.45, 2.75) is 13.1 Å². The smallest absolute Gasteiger partial charge is 0.417 e. The number of anilines is 1. The van der Waals surface area contributed by atoms with Crippen molar-refractivity contribution in [2.75, 3.05) is 5.73 Å². The fourth-order valence-electron chi connectivity index (χ4n) is 1.24. The Kier molecular flexibility index (Phi) is 2.61. The van der Waals surface area contributed by atoms with Crippen LogP contribution in [0.1, 0.15) is 22.8 Å². The Balaban J connectivity index is 3.54. The van der Waals surface area contributed by atoms with Crippen molar-refractivity contribution in [1.29, 1.82) is 0 Å². The maximum Gasteiger partial charge on any atom is 0.417 e. The van der Waals surface area contributed by atoms with E-state index in [1.54, 1.807) is 0 Å². The first-order valence-electron chi connectivity index (χ1n) is 3.94. The van der Waals surface area contributed by atoms with Crippen LogP contribution in [0.3, 0.4) is 0 Å².